The maximum atomic E-state index is 4.65. The lowest BCUT2D eigenvalue weighted by Gasteiger charge is -2.35. The summed E-state index contributed by atoms with van der Waals surface area (Å²) in [6, 6.07) is 2.41. The summed E-state index contributed by atoms with van der Waals surface area (Å²) in [4.78, 5) is 11.4. The predicted molar refractivity (Wildman–Crippen MR) is 86.5 cm³/mol. The summed E-state index contributed by atoms with van der Waals surface area (Å²) in [5.74, 6) is 0.695. The summed E-state index contributed by atoms with van der Waals surface area (Å²) >= 11 is 0. The second kappa shape index (κ2) is 6.44. The number of hydrogen-bond donors (Lipinski definition) is 1. The molecule has 2 aromatic heterocycles. The molecule has 22 heavy (non-hydrogen) atoms. The average molecular weight is 300 g/mol. The van der Waals surface area contributed by atoms with Gasteiger partial charge < -0.3 is 5.32 Å². The van der Waals surface area contributed by atoms with Crippen molar-refractivity contribution < 1.29 is 0 Å². The molecule has 0 radical (unpaired) electrons. The summed E-state index contributed by atoms with van der Waals surface area (Å²) in [7, 11) is 3.84. The maximum absolute atomic E-state index is 4.65. The lowest BCUT2D eigenvalue weighted by molar-refractivity contribution is 0.137. The molecule has 0 spiro atoms. The van der Waals surface area contributed by atoms with E-state index in [9.17, 15) is 0 Å². The molecule has 3 heterocycles. The smallest absolute Gasteiger partial charge is 0.222 e. The van der Waals surface area contributed by atoms with Gasteiger partial charge >= 0.3 is 0 Å². The molecule has 1 fully saturated rings. The van der Waals surface area contributed by atoms with Crippen molar-refractivity contribution in [1.29, 1.82) is 0 Å². The number of hydrogen-bond acceptors (Lipinski definition) is 5. The van der Waals surface area contributed by atoms with Gasteiger partial charge in [0.1, 0.15) is 0 Å². The molecule has 1 atom stereocenters. The van der Waals surface area contributed by atoms with E-state index >= 15 is 0 Å². The number of rotatable bonds is 4. The van der Waals surface area contributed by atoms with Crippen LogP contribution in [0.4, 0.5) is 5.95 Å². The topological polar surface area (TPSA) is 58.9 Å². The molecule has 6 heteroatoms. The third kappa shape index (κ3) is 3.11. The largest absolute Gasteiger partial charge is 0.357 e. The normalized spacial score (nSPS) is 19.3. The zero-order valence-corrected chi connectivity index (χ0v) is 13.6. The fourth-order valence-corrected chi connectivity index (χ4v) is 3.22. The summed E-state index contributed by atoms with van der Waals surface area (Å²) in [5, 5.41) is 7.49. The first kappa shape index (κ1) is 15.0. The van der Waals surface area contributed by atoms with Crippen molar-refractivity contribution in [2.75, 3.05) is 18.9 Å². The highest BCUT2D eigenvalue weighted by Gasteiger charge is 2.26. The number of nitrogens with one attached hydrogen (secondary N) is 1. The number of piperidine rings is 1. The standard InChI is InChI=1S/C16H24N6/c1-12-13(10-21(3)20-12)11-22-9-5-4-6-15(22)14-7-8-18-16(17-2)19-14/h7-8,10,15H,4-6,9,11H2,1-3H3,(H,17,18,19)/t15-/m1/s1. The van der Waals surface area contributed by atoms with E-state index in [2.05, 4.69) is 38.4 Å². The van der Waals surface area contributed by atoms with Crippen LogP contribution in [0.2, 0.25) is 0 Å². The Morgan fingerprint density at radius 2 is 2.23 bits per heavy atom. The quantitative estimate of drug-likeness (QED) is 0.939. The van der Waals surface area contributed by atoms with Gasteiger partial charge in [0.2, 0.25) is 5.95 Å². The molecule has 1 N–H and O–H groups in total. The van der Waals surface area contributed by atoms with E-state index < -0.39 is 0 Å². The molecule has 3 rings (SSSR count). The van der Waals surface area contributed by atoms with Gasteiger partial charge in [-0.1, -0.05) is 6.42 Å². The van der Waals surface area contributed by atoms with Gasteiger partial charge in [0.05, 0.1) is 17.4 Å². The van der Waals surface area contributed by atoms with Gasteiger partial charge in [-0.05, 0) is 32.4 Å². The van der Waals surface area contributed by atoms with Crippen LogP contribution in [0.1, 0.15) is 42.3 Å². The molecule has 0 unspecified atom stereocenters. The molecule has 2 aromatic rings. The monoisotopic (exact) mass is 300 g/mol. The summed E-state index contributed by atoms with van der Waals surface area (Å²) < 4.78 is 1.90. The van der Waals surface area contributed by atoms with Crippen molar-refractivity contribution in [3.63, 3.8) is 0 Å². The third-order valence-electron chi connectivity index (χ3n) is 4.34. The molecule has 6 nitrogen and oxygen atoms in total. The molecule has 1 saturated heterocycles. The Hall–Kier alpha value is -1.95. The van der Waals surface area contributed by atoms with Gasteiger partial charge in [0, 0.05) is 38.6 Å². The van der Waals surface area contributed by atoms with Crippen LogP contribution in [-0.4, -0.2) is 38.2 Å². The molecule has 1 aliphatic rings. The lowest BCUT2D eigenvalue weighted by Crippen LogP contribution is -2.33. The Morgan fingerprint density at radius 1 is 1.36 bits per heavy atom. The zero-order chi connectivity index (χ0) is 15.5. The average Bonchev–Trinajstić information content (AvgIpc) is 2.85. The van der Waals surface area contributed by atoms with E-state index in [1.807, 2.05) is 31.0 Å². The molecular weight excluding hydrogens is 276 g/mol. The Labute approximate surface area is 131 Å². The van der Waals surface area contributed by atoms with Crippen molar-refractivity contribution in [1.82, 2.24) is 24.6 Å². The molecule has 1 aliphatic heterocycles. The molecule has 0 bridgehead atoms. The van der Waals surface area contributed by atoms with Crippen molar-refractivity contribution >= 4 is 5.95 Å². The number of anilines is 1. The molecule has 0 amide bonds. The van der Waals surface area contributed by atoms with Crippen LogP contribution in [0.3, 0.4) is 0 Å². The van der Waals surface area contributed by atoms with Gasteiger partial charge in [-0.15, -0.1) is 0 Å². The van der Waals surface area contributed by atoms with Crippen LogP contribution < -0.4 is 5.32 Å². The summed E-state index contributed by atoms with van der Waals surface area (Å²) in [6.45, 7) is 4.12. The van der Waals surface area contributed by atoms with Gasteiger partial charge in [-0.3, -0.25) is 9.58 Å². The van der Waals surface area contributed by atoms with Crippen LogP contribution in [-0.2, 0) is 13.6 Å². The molecule has 0 saturated carbocycles. The fraction of sp³-hybridized carbons (Fsp3) is 0.562. The van der Waals surface area contributed by atoms with E-state index in [1.54, 1.807) is 0 Å². The summed E-state index contributed by atoms with van der Waals surface area (Å²) in [5.41, 5.74) is 3.53. The van der Waals surface area contributed by atoms with Crippen LogP contribution in [0, 0.1) is 6.92 Å². The van der Waals surface area contributed by atoms with Crippen LogP contribution in [0.5, 0.6) is 0 Å². The van der Waals surface area contributed by atoms with E-state index in [4.69, 9.17) is 0 Å². The van der Waals surface area contributed by atoms with Crippen LogP contribution in [0.25, 0.3) is 0 Å². The van der Waals surface area contributed by atoms with Crippen molar-refractivity contribution in [3.8, 4) is 0 Å². The highest BCUT2D eigenvalue weighted by atomic mass is 15.3. The van der Waals surface area contributed by atoms with E-state index in [1.165, 1.54) is 18.4 Å². The SMILES string of the molecule is CNc1nccc([C@H]2CCCCN2Cc2cn(C)nc2C)n1. The molecule has 118 valence electrons. The first-order valence-corrected chi connectivity index (χ1v) is 7.91. The Bertz CT molecular complexity index is 635. The van der Waals surface area contributed by atoms with Crippen molar-refractivity contribution in [2.24, 2.45) is 7.05 Å². The van der Waals surface area contributed by atoms with E-state index in [-0.39, 0.29) is 0 Å². The number of likely N-dealkylation sites (tertiary alicyclic amines) is 1. The van der Waals surface area contributed by atoms with E-state index in [0.717, 1.165) is 30.9 Å². The van der Waals surface area contributed by atoms with Crippen LogP contribution >= 0.6 is 0 Å². The van der Waals surface area contributed by atoms with Crippen molar-refractivity contribution in [3.05, 3.63) is 35.4 Å². The van der Waals surface area contributed by atoms with Gasteiger partial charge in [0.25, 0.3) is 0 Å². The second-order valence-corrected chi connectivity index (χ2v) is 5.95. The maximum Gasteiger partial charge on any atom is 0.222 e. The summed E-state index contributed by atoms with van der Waals surface area (Å²) in [6.07, 6.45) is 7.63. The van der Waals surface area contributed by atoms with Gasteiger partial charge in [-0.25, -0.2) is 9.97 Å². The first-order chi connectivity index (χ1) is 10.7. The number of nitrogens with zero attached hydrogens (tertiary/aromatic N) is 5. The third-order valence-corrected chi connectivity index (χ3v) is 4.34. The van der Waals surface area contributed by atoms with Crippen LogP contribution in [0.15, 0.2) is 18.5 Å². The lowest BCUT2D eigenvalue weighted by atomic mass is 9.98. The second-order valence-electron chi connectivity index (χ2n) is 5.95. The minimum absolute atomic E-state index is 0.364. The minimum atomic E-state index is 0.364. The highest BCUT2D eigenvalue weighted by molar-refractivity contribution is 5.25. The highest BCUT2D eigenvalue weighted by Crippen LogP contribution is 2.31. The Balaban J connectivity index is 1.83. The molecule has 0 aromatic carbocycles. The number of aryl methyl sites for hydroxylation is 2. The first-order valence-electron chi connectivity index (χ1n) is 7.91. The zero-order valence-electron chi connectivity index (χ0n) is 13.6. The van der Waals surface area contributed by atoms with E-state index in [0.29, 0.717) is 12.0 Å². The minimum Gasteiger partial charge on any atom is -0.357 e. The Kier molecular flexibility index (Phi) is 4.38. The fourth-order valence-electron chi connectivity index (χ4n) is 3.22. The van der Waals surface area contributed by atoms with Gasteiger partial charge in [0.15, 0.2) is 0 Å². The predicted octanol–water partition coefficient (Wildman–Crippen LogP) is 2.29. The van der Waals surface area contributed by atoms with Gasteiger partial charge in [-0.2, -0.15) is 5.10 Å². The Morgan fingerprint density at radius 3 is 2.95 bits per heavy atom. The molecule has 0 aliphatic carbocycles. The van der Waals surface area contributed by atoms with Crippen molar-refractivity contribution in [2.45, 2.75) is 38.8 Å². The number of aromatic nitrogens is 4. The molecular formula is C16H24N6.